The highest BCUT2D eigenvalue weighted by molar-refractivity contribution is 5.96. The molecule has 4 N–H and O–H groups in total. The molecule has 0 atom stereocenters. The highest BCUT2D eigenvalue weighted by Gasteiger charge is 2.36. The minimum absolute atomic E-state index is 0.0671. The number of aryl methyl sites for hydroxylation is 2. The zero-order valence-corrected chi connectivity index (χ0v) is 23.3. The summed E-state index contributed by atoms with van der Waals surface area (Å²) in [6, 6.07) is 9.83. The van der Waals surface area contributed by atoms with Gasteiger partial charge in [0.2, 0.25) is 11.9 Å². The molecule has 1 aliphatic carbocycles. The van der Waals surface area contributed by atoms with Crippen LogP contribution in [0.25, 0.3) is 33.4 Å². The van der Waals surface area contributed by atoms with E-state index in [0.29, 0.717) is 18.1 Å². The SMILES string of the molecule is CCC(=O)Nc1cccc(C(F)(F)F)c1-c1cc(-c2cc(CC)c3nc(NC4CCC(N)CC4)ncc3c2)n(C)n1. The molecule has 0 saturated heterocycles. The molecule has 2 aromatic carbocycles. The standard InChI is InChI=1S/C30H34F3N7O/c1-4-17-13-18(14-19-16-35-29(38-28(17)19)36-21-11-9-20(34)10-12-21)25-15-24(39-40(25)3)27-22(30(31,32)33)7-6-8-23(27)37-26(41)5-2/h6-8,13-16,20-21H,4-5,9-12,34H2,1-3H3,(H,37,41)(H,35,36,38). The highest BCUT2D eigenvalue weighted by atomic mass is 19.4. The predicted octanol–water partition coefficient (Wildman–Crippen LogP) is 6.31. The summed E-state index contributed by atoms with van der Waals surface area (Å²) in [5.74, 6) is 0.193. The first-order valence-electron chi connectivity index (χ1n) is 13.9. The van der Waals surface area contributed by atoms with E-state index >= 15 is 0 Å². The van der Waals surface area contributed by atoms with Crippen LogP contribution in [0.15, 0.2) is 42.6 Å². The number of nitrogens with one attached hydrogen (secondary N) is 2. The molecule has 4 aromatic rings. The van der Waals surface area contributed by atoms with Gasteiger partial charge < -0.3 is 16.4 Å². The topological polar surface area (TPSA) is 111 Å². The Balaban J connectivity index is 1.54. The molecule has 0 aliphatic heterocycles. The fraction of sp³-hybridized carbons (Fsp3) is 0.400. The zero-order chi connectivity index (χ0) is 29.3. The number of fused-ring (bicyclic) bond motifs is 1. The van der Waals surface area contributed by atoms with Gasteiger partial charge in [-0.2, -0.15) is 18.3 Å². The van der Waals surface area contributed by atoms with Gasteiger partial charge in [0.05, 0.1) is 28.2 Å². The van der Waals surface area contributed by atoms with Crippen molar-refractivity contribution in [2.45, 2.75) is 70.6 Å². The van der Waals surface area contributed by atoms with Gasteiger partial charge in [-0.1, -0.05) is 19.9 Å². The van der Waals surface area contributed by atoms with E-state index in [1.54, 1.807) is 30.9 Å². The molecule has 8 nitrogen and oxygen atoms in total. The fourth-order valence-electron chi connectivity index (χ4n) is 5.42. The number of benzene rings is 2. The Morgan fingerprint density at radius 2 is 1.88 bits per heavy atom. The first-order chi connectivity index (χ1) is 19.6. The highest BCUT2D eigenvalue weighted by Crippen LogP contribution is 2.42. The Labute approximate surface area is 236 Å². The molecule has 41 heavy (non-hydrogen) atoms. The minimum Gasteiger partial charge on any atom is -0.351 e. The van der Waals surface area contributed by atoms with E-state index in [1.165, 1.54) is 12.1 Å². The van der Waals surface area contributed by atoms with Crippen molar-refractivity contribution in [2.75, 3.05) is 10.6 Å². The maximum Gasteiger partial charge on any atom is 0.417 e. The number of carbonyl (C=O) groups excluding carboxylic acids is 1. The summed E-state index contributed by atoms with van der Waals surface area (Å²) in [5, 5.41) is 11.3. The number of amides is 1. The number of halogens is 3. The summed E-state index contributed by atoms with van der Waals surface area (Å²) in [6.45, 7) is 3.67. The van der Waals surface area contributed by atoms with Crippen LogP contribution in [0.1, 0.15) is 57.1 Å². The van der Waals surface area contributed by atoms with Gasteiger partial charge in [-0.25, -0.2) is 9.97 Å². The Bertz CT molecular complexity index is 1570. The largest absolute Gasteiger partial charge is 0.417 e. The zero-order valence-electron chi connectivity index (χ0n) is 23.3. The van der Waals surface area contributed by atoms with Crippen LogP contribution in [0, 0.1) is 0 Å². The van der Waals surface area contributed by atoms with Gasteiger partial charge in [0.25, 0.3) is 0 Å². The molecule has 0 radical (unpaired) electrons. The maximum atomic E-state index is 14.1. The molecule has 1 fully saturated rings. The molecule has 2 aromatic heterocycles. The van der Waals surface area contributed by atoms with Crippen molar-refractivity contribution >= 4 is 28.4 Å². The average Bonchev–Trinajstić information content (AvgIpc) is 3.34. The first kappa shape index (κ1) is 28.5. The molecule has 0 bridgehead atoms. The second-order valence-corrected chi connectivity index (χ2v) is 10.5. The maximum absolute atomic E-state index is 14.1. The van der Waals surface area contributed by atoms with E-state index in [9.17, 15) is 18.0 Å². The van der Waals surface area contributed by atoms with E-state index in [1.807, 2.05) is 19.1 Å². The minimum atomic E-state index is -4.63. The molecule has 1 saturated carbocycles. The van der Waals surface area contributed by atoms with Crippen molar-refractivity contribution in [3.63, 3.8) is 0 Å². The Morgan fingerprint density at radius 3 is 2.56 bits per heavy atom. The number of anilines is 2. The van der Waals surface area contributed by atoms with E-state index < -0.39 is 11.7 Å². The fourth-order valence-corrected chi connectivity index (χ4v) is 5.42. The van der Waals surface area contributed by atoms with Crippen molar-refractivity contribution in [3.8, 4) is 22.5 Å². The van der Waals surface area contributed by atoms with Crippen molar-refractivity contribution < 1.29 is 18.0 Å². The molecule has 2 heterocycles. The summed E-state index contributed by atoms with van der Waals surface area (Å²) in [5.41, 5.74) is 8.42. The lowest BCUT2D eigenvalue weighted by atomic mass is 9.92. The lowest BCUT2D eigenvalue weighted by Crippen LogP contribution is -2.33. The third-order valence-electron chi connectivity index (χ3n) is 7.64. The van der Waals surface area contributed by atoms with Gasteiger partial charge in [-0.05, 0) is 68.0 Å². The van der Waals surface area contributed by atoms with E-state index in [2.05, 4.69) is 20.7 Å². The van der Waals surface area contributed by atoms with Gasteiger partial charge in [0.15, 0.2) is 0 Å². The summed E-state index contributed by atoms with van der Waals surface area (Å²) >= 11 is 0. The summed E-state index contributed by atoms with van der Waals surface area (Å²) in [6.07, 6.45) is 1.88. The van der Waals surface area contributed by atoms with Crippen LogP contribution in [0.5, 0.6) is 0 Å². The van der Waals surface area contributed by atoms with Crippen molar-refractivity contribution in [2.24, 2.45) is 12.8 Å². The average molecular weight is 566 g/mol. The predicted molar refractivity (Wildman–Crippen MR) is 154 cm³/mol. The summed E-state index contributed by atoms with van der Waals surface area (Å²) < 4.78 is 43.7. The molecule has 0 spiro atoms. The quantitative estimate of drug-likeness (QED) is 0.242. The van der Waals surface area contributed by atoms with Crippen LogP contribution < -0.4 is 16.4 Å². The summed E-state index contributed by atoms with van der Waals surface area (Å²) in [7, 11) is 1.69. The van der Waals surface area contributed by atoms with E-state index in [4.69, 9.17) is 10.7 Å². The molecular weight excluding hydrogens is 531 g/mol. The molecular formula is C30H34F3N7O. The van der Waals surface area contributed by atoms with Crippen molar-refractivity contribution in [1.82, 2.24) is 19.7 Å². The Hall–Kier alpha value is -3.99. The number of alkyl halides is 3. The van der Waals surface area contributed by atoms with Gasteiger partial charge in [0.1, 0.15) is 0 Å². The van der Waals surface area contributed by atoms with Crippen LogP contribution in [0.4, 0.5) is 24.8 Å². The smallest absolute Gasteiger partial charge is 0.351 e. The van der Waals surface area contributed by atoms with Crippen LogP contribution in [0.2, 0.25) is 0 Å². The number of hydrogen-bond donors (Lipinski definition) is 3. The molecule has 1 aliphatic rings. The third kappa shape index (κ3) is 6.04. The summed E-state index contributed by atoms with van der Waals surface area (Å²) in [4.78, 5) is 21.5. The Kier molecular flexibility index (Phi) is 7.99. The molecule has 0 unspecified atom stereocenters. The van der Waals surface area contributed by atoms with Crippen LogP contribution in [0.3, 0.4) is 0 Å². The van der Waals surface area contributed by atoms with Gasteiger partial charge in [0, 0.05) is 48.3 Å². The van der Waals surface area contributed by atoms with Crippen LogP contribution in [-0.4, -0.2) is 37.7 Å². The first-order valence-corrected chi connectivity index (χ1v) is 13.9. The van der Waals surface area contributed by atoms with Gasteiger partial charge in [-0.3, -0.25) is 9.48 Å². The molecule has 216 valence electrons. The Morgan fingerprint density at radius 1 is 1.12 bits per heavy atom. The monoisotopic (exact) mass is 565 g/mol. The lowest BCUT2D eigenvalue weighted by Gasteiger charge is -2.26. The number of rotatable bonds is 7. The van der Waals surface area contributed by atoms with Crippen LogP contribution in [-0.2, 0) is 24.4 Å². The third-order valence-corrected chi connectivity index (χ3v) is 7.64. The number of carbonyl (C=O) groups is 1. The van der Waals surface area contributed by atoms with Crippen molar-refractivity contribution in [1.29, 1.82) is 0 Å². The van der Waals surface area contributed by atoms with E-state index in [0.717, 1.165) is 53.8 Å². The molecule has 11 heteroatoms. The number of nitrogens with zero attached hydrogens (tertiary/aromatic N) is 4. The van der Waals surface area contributed by atoms with E-state index in [-0.39, 0.29) is 41.4 Å². The normalized spacial score (nSPS) is 17.5. The number of aromatic nitrogens is 4. The second-order valence-electron chi connectivity index (χ2n) is 10.5. The second kappa shape index (κ2) is 11.5. The number of nitrogens with two attached hydrogens (primary N) is 1. The van der Waals surface area contributed by atoms with Crippen molar-refractivity contribution in [3.05, 3.63) is 53.7 Å². The molecule has 1 amide bonds. The van der Waals surface area contributed by atoms with Gasteiger partial charge >= 0.3 is 6.18 Å². The lowest BCUT2D eigenvalue weighted by molar-refractivity contribution is -0.137. The van der Waals surface area contributed by atoms with Gasteiger partial charge in [-0.15, -0.1) is 0 Å². The number of hydrogen-bond acceptors (Lipinski definition) is 6. The molecule has 5 rings (SSSR count). The van der Waals surface area contributed by atoms with Crippen LogP contribution >= 0.6 is 0 Å².